The molecule has 14 heteroatoms. The number of piperidine rings is 1. The molecule has 2 amide bonds. The normalized spacial score (nSPS) is 13.6. The van der Waals surface area contributed by atoms with Gasteiger partial charge >= 0.3 is 6.36 Å². The number of pyridine rings is 1. The van der Waals surface area contributed by atoms with Gasteiger partial charge < -0.3 is 20.3 Å². The first-order valence-electron chi connectivity index (χ1n) is 13.6. The number of nitriles is 1. The van der Waals surface area contributed by atoms with Crippen LogP contribution in [0.4, 0.5) is 29.9 Å². The second-order valence-electron chi connectivity index (χ2n) is 10.0. The fourth-order valence-electron chi connectivity index (χ4n) is 4.80. The molecule has 3 heterocycles. The summed E-state index contributed by atoms with van der Waals surface area (Å²) in [7, 11) is 0. The molecule has 0 spiro atoms. The third kappa shape index (κ3) is 8.51. The highest BCUT2D eigenvalue weighted by molar-refractivity contribution is 7.15. The number of hydrogen-bond donors (Lipinski definition) is 2. The van der Waals surface area contributed by atoms with Crippen LogP contribution in [0.25, 0.3) is 0 Å². The third-order valence-electron chi connectivity index (χ3n) is 6.77. The molecule has 2 aromatic carbocycles. The summed E-state index contributed by atoms with van der Waals surface area (Å²) in [6, 6.07) is 19.5. The van der Waals surface area contributed by atoms with Crippen molar-refractivity contribution >= 4 is 39.9 Å². The number of ether oxygens (including phenoxy) is 1. The maximum Gasteiger partial charge on any atom is 0.573 e. The lowest BCUT2D eigenvalue weighted by Crippen LogP contribution is -2.33. The second-order valence-corrected chi connectivity index (χ2v) is 11.1. The quantitative estimate of drug-likeness (QED) is 0.252. The average molecular weight is 622 g/mol. The van der Waals surface area contributed by atoms with E-state index in [2.05, 4.69) is 41.5 Å². The van der Waals surface area contributed by atoms with Crippen molar-refractivity contribution in [3.8, 4) is 11.8 Å². The van der Waals surface area contributed by atoms with E-state index < -0.39 is 12.3 Å². The zero-order chi connectivity index (χ0) is 31.1. The molecule has 0 radical (unpaired) electrons. The molecule has 1 saturated heterocycles. The van der Waals surface area contributed by atoms with E-state index in [-0.39, 0.29) is 30.4 Å². The van der Waals surface area contributed by atoms with Gasteiger partial charge in [-0.3, -0.25) is 9.59 Å². The fraction of sp³-hybridized carbons (Fsp3) is 0.267. The molecule has 226 valence electrons. The van der Waals surface area contributed by atoms with E-state index in [9.17, 15) is 22.8 Å². The molecule has 0 saturated carbocycles. The van der Waals surface area contributed by atoms with Crippen LogP contribution in [0.3, 0.4) is 0 Å². The Bertz CT molecular complexity index is 1680. The average Bonchev–Trinajstić information content (AvgIpc) is 3.45. The number of halogens is 3. The van der Waals surface area contributed by atoms with E-state index in [1.807, 2.05) is 6.07 Å². The highest BCUT2D eigenvalue weighted by Gasteiger charge is 2.31. The van der Waals surface area contributed by atoms with Crippen LogP contribution in [0, 0.1) is 11.3 Å². The molecule has 10 nitrogen and oxygen atoms in total. The molecule has 1 fully saturated rings. The van der Waals surface area contributed by atoms with E-state index in [0.717, 1.165) is 23.4 Å². The minimum absolute atomic E-state index is 0.124. The largest absolute Gasteiger partial charge is 0.573 e. The maximum atomic E-state index is 12.6. The van der Waals surface area contributed by atoms with E-state index in [1.165, 1.54) is 29.5 Å². The van der Waals surface area contributed by atoms with Crippen LogP contribution in [0.1, 0.15) is 40.5 Å². The standard InChI is InChI=1S/C30H26F3N7O3S/c31-30(32,33)43-23-7-2-5-20(15-23)17-26(41)36-24-8-3-9-25(35-24)40-12-10-22(11-13-40)28-38-39-29(44-28)37-27(42)16-19-4-1-6-21(14-19)18-34/h1-9,14-15,22H,10-13,16-17H2,(H,35,36,41)(H,37,39,42). The summed E-state index contributed by atoms with van der Waals surface area (Å²) in [5.41, 5.74) is 1.60. The number of aromatic nitrogens is 3. The van der Waals surface area contributed by atoms with Crippen molar-refractivity contribution < 1.29 is 27.5 Å². The second kappa shape index (κ2) is 13.5. The molecule has 0 aliphatic carbocycles. The number of benzene rings is 2. The number of amides is 2. The monoisotopic (exact) mass is 621 g/mol. The molecule has 2 N–H and O–H groups in total. The van der Waals surface area contributed by atoms with Crippen molar-refractivity contribution in [1.29, 1.82) is 5.26 Å². The van der Waals surface area contributed by atoms with Crippen LogP contribution in [0.5, 0.6) is 5.75 Å². The Morgan fingerprint density at radius 3 is 2.36 bits per heavy atom. The highest BCUT2D eigenvalue weighted by atomic mass is 32.1. The molecule has 2 aromatic heterocycles. The number of carbonyl (C=O) groups is 2. The summed E-state index contributed by atoms with van der Waals surface area (Å²) in [5, 5.41) is 24.2. The van der Waals surface area contributed by atoms with E-state index in [0.29, 0.717) is 41.0 Å². The number of alkyl halides is 3. The van der Waals surface area contributed by atoms with Crippen LogP contribution in [-0.2, 0) is 22.4 Å². The van der Waals surface area contributed by atoms with Crippen LogP contribution < -0.4 is 20.3 Å². The van der Waals surface area contributed by atoms with E-state index >= 15 is 0 Å². The van der Waals surface area contributed by atoms with Gasteiger partial charge in [-0.2, -0.15) is 5.26 Å². The van der Waals surface area contributed by atoms with Crippen LogP contribution in [0.15, 0.2) is 66.7 Å². The molecule has 4 aromatic rings. The minimum atomic E-state index is -4.81. The lowest BCUT2D eigenvalue weighted by molar-refractivity contribution is -0.274. The summed E-state index contributed by atoms with van der Waals surface area (Å²) >= 11 is 1.34. The molecule has 44 heavy (non-hydrogen) atoms. The molecule has 5 rings (SSSR count). The molecule has 1 aliphatic rings. The van der Waals surface area contributed by atoms with Crippen molar-refractivity contribution in [2.45, 2.75) is 38.0 Å². The summed E-state index contributed by atoms with van der Waals surface area (Å²) in [6.07, 6.45) is -3.26. The predicted molar refractivity (Wildman–Crippen MR) is 157 cm³/mol. The van der Waals surface area contributed by atoms with Gasteiger partial charge in [0, 0.05) is 19.0 Å². The molecular weight excluding hydrogens is 595 g/mol. The SMILES string of the molecule is N#Cc1cccc(CC(=O)Nc2nnc(C3CCN(c4cccc(NC(=O)Cc5cccc(OC(F)(F)F)c5)n4)CC3)s2)c1. The Balaban J connectivity index is 1.11. The zero-order valence-electron chi connectivity index (χ0n) is 23.2. The topological polar surface area (TPSA) is 133 Å². The number of carbonyl (C=O) groups excluding carboxylic acids is 2. The molecule has 0 bridgehead atoms. The first-order valence-corrected chi connectivity index (χ1v) is 14.4. The Hall–Kier alpha value is -5.03. The summed E-state index contributed by atoms with van der Waals surface area (Å²) < 4.78 is 41.4. The maximum absolute atomic E-state index is 12.6. The molecule has 0 atom stereocenters. The van der Waals surface area contributed by atoms with Crippen molar-refractivity contribution in [3.05, 3.63) is 88.4 Å². The molecule has 1 aliphatic heterocycles. The number of rotatable bonds is 9. The first-order chi connectivity index (χ1) is 21.1. The summed E-state index contributed by atoms with van der Waals surface area (Å²) in [5.74, 6) is 0.141. The minimum Gasteiger partial charge on any atom is -0.406 e. The van der Waals surface area contributed by atoms with E-state index in [1.54, 1.807) is 42.5 Å². The Kier molecular flexibility index (Phi) is 9.35. The van der Waals surface area contributed by atoms with Gasteiger partial charge in [0.05, 0.1) is 24.5 Å². The Morgan fingerprint density at radius 1 is 0.955 bits per heavy atom. The van der Waals surface area contributed by atoms with Crippen LogP contribution >= 0.6 is 11.3 Å². The van der Waals surface area contributed by atoms with Gasteiger partial charge in [0.15, 0.2) is 0 Å². The van der Waals surface area contributed by atoms with E-state index in [4.69, 9.17) is 5.26 Å². The Labute approximate surface area is 254 Å². The van der Waals surface area contributed by atoms with Gasteiger partial charge in [0.1, 0.15) is 22.4 Å². The Morgan fingerprint density at radius 2 is 1.64 bits per heavy atom. The van der Waals surface area contributed by atoms with Gasteiger partial charge in [-0.05, 0) is 60.4 Å². The van der Waals surface area contributed by atoms with Crippen LogP contribution in [0.2, 0.25) is 0 Å². The number of hydrogen-bond acceptors (Lipinski definition) is 9. The van der Waals surface area contributed by atoms with Crippen molar-refractivity contribution in [3.63, 3.8) is 0 Å². The van der Waals surface area contributed by atoms with Crippen LogP contribution in [-0.4, -0.2) is 46.4 Å². The predicted octanol–water partition coefficient (Wildman–Crippen LogP) is 5.45. The number of nitrogens with zero attached hydrogens (tertiary/aromatic N) is 5. The number of anilines is 3. The highest BCUT2D eigenvalue weighted by Crippen LogP contribution is 2.33. The fourth-order valence-corrected chi connectivity index (χ4v) is 5.73. The van der Waals surface area contributed by atoms with Gasteiger partial charge in [0.25, 0.3) is 0 Å². The zero-order valence-corrected chi connectivity index (χ0v) is 24.0. The number of nitrogens with one attached hydrogen (secondary N) is 2. The summed E-state index contributed by atoms with van der Waals surface area (Å²) in [4.78, 5) is 31.7. The lowest BCUT2D eigenvalue weighted by Gasteiger charge is -2.31. The lowest BCUT2D eigenvalue weighted by atomic mass is 9.98. The molecule has 0 unspecified atom stereocenters. The summed E-state index contributed by atoms with van der Waals surface area (Å²) in [6.45, 7) is 1.38. The van der Waals surface area contributed by atoms with Crippen molar-refractivity contribution in [2.24, 2.45) is 0 Å². The first kappa shape index (κ1) is 30.4. The van der Waals surface area contributed by atoms with Crippen molar-refractivity contribution in [2.75, 3.05) is 28.6 Å². The van der Waals surface area contributed by atoms with Crippen molar-refractivity contribution in [1.82, 2.24) is 15.2 Å². The third-order valence-corrected chi connectivity index (χ3v) is 7.78. The van der Waals surface area contributed by atoms with Gasteiger partial charge in [0.2, 0.25) is 16.9 Å². The smallest absolute Gasteiger partial charge is 0.406 e. The van der Waals surface area contributed by atoms with Gasteiger partial charge in [-0.25, -0.2) is 4.98 Å². The van der Waals surface area contributed by atoms with Gasteiger partial charge in [-0.1, -0.05) is 41.7 Å². The van der Waals surface area contributed by atoms with Gasteiger partial charge in [-0.15, -0.1) is 23.4 Å². The molecular formula is C30H26F3N7O3S.